The van der Waals surface area contributed by atoms with E-state index in [4.69, 9.17) is 5.11 Å². The van der Waals surface area contributed by atoms with E-state index in [0.717, 1.165) is 30.9 Å². The molecule has 2 heterocycles. The molecule has 2 aromatic carbocycles. The average molecular weight is 373 g/mol. The highest BCUT2D eigenvalue weighted by Gasteiger charge is 2.12. The number of nitrogens with zero attached hydrogens (tertiary/aromatic N) is 2. The highest BCUT2D eigenvalue weighted by molar-refractivity contribution is 9.10. The summed E-state index contributed by atoms with van der Waals surface area (Å²) in [6, 6.07) is 13.1. The van der Waals surface area contributed by atoms with E-state index in [1.54, 1.807) is 12.1 Å². The van der Waals surface area contributed by atoms with Crippen molar-refractivity contribution in [1.82, 2.24) is 9.38 Å². The Bertz CT molecular complexity index is 1020. The van der Waals surface area contributed by atoms with Gasteiger partial charge >= 0.3 is 5.97 Å². The second kappa shape index (κ2) is 4.93. The molecule has 2 aromatic heterocycles. The summed E-state index contributed by atoms with van der Waals surface area (Å²) in [6.45, 7) is 0. The first-order valence-corrected chi connectivity index (χ1v) is 8.14. The third-order valence-electron chi connectivity index (χ3n) is 3.48. The van der Waals surface area contributed by atoms with Gasteiger partial charge in [-0.1, -0.05) is 39.4 Å². The molecule has 108 valence electrons. The number of carboxylic acid groups (broad SMARTS) is 1. The van der Waals surface area contributed by atoms with Gasteiger partial charge in [-0.3, -0.25) is 4.40 Å². The fourth-order valence-corrected chi connectivity index (χ4v) is 3.71. The number of carboxylic acids is 1. The maximum absolute atomic E-state index is 11.0. The maximum Gasteiger partial charge on any atom is 0.335 e. The van der Waals surface area contributed by atoms with Crippen LogP contribution in [0.15, 0.2) is 53.1 Å². The van der Waals surface area contributed by atoms with Crippen LogP contribution in [0.5, 0.6) is 0 Å². The Balaban J connectivity index is 1.88. The van der Waals surface area contributed by atoms with Gasteiger partial charge in [0.15, 0.2) is 4.96 Å². The number of hydrogen-bond donors (Lipinski definition) is 1. The molecule has 0 atom stereocenters. The van der Waals surface area contributed by atoms with E-state index in [1.165, 1.54) is 11.3 Å². The summed E-state index contributed by atoms with van der Waals surface area (Å²) in [7, 11) is 0. The van der Waals surface area contributed by atoms with Crippen LogP contribution in [0, 0.1) is 0 Å². The first-order valence-electron chi connectivity index (χ1n) is 6.53. The zero-order valence-corrected chi connectivity index (χ0v) is 13.6. The molecular formula is C16H9BrN2O2S. The molecule has 0 saturated heterocycles. The molecule has 0 fully saturated rings. The molecule has 0 aliphatic heterocycles. The third kappa shape index (κ3) is 2.12. The summed E-state index contributed by atoms with van der Waals surface area (Å²) < 4.78 is 3.96. The van der Waals surface area contributed by atoms with Gasteiger partial charge in [0.25, 0.3) is 0 Å². The van der Waals surface area contributed by atoms with Gasteiger partial charge in [-0.2, -0.15) is 0 Å². The lowest BCUT2D eigenvalue weighted by molar-refractivity contribution is 0.0697. The predicted octanol–water partition coefficient (Wildman–Crippen LogP) is 4.68. The van der Waals surface area contributed by atoms with Gasteiger partial charge in [0.2, 0.25) is 0 Å². The fraction of sp³-hybridized carbons (Fsp3) is 0. The zero-order chi connectivity index (χ0) is 15.3. The van der Waals surface area contributed by atoms with E-state index in [9.17, 15) is 4.79 Å². The molecule has 6 heteroatoms. The van der Waals surface area contributed by atoms with Crippen LogP contribution in [0.3, 0.4) is 0 Å². The van der Waals surface area contributed by atoms with Gasteiger partial charge < -0.3 is 5.11 Å². The van der Waals surface area contributed by atoms with Crippen molar-refractivity contribution >= 4 is 48.4 Å². The van der Waals surface area contributed by atoms with Crippen LogP contribution in [-0.2, 0) is 0 Å². The average Bonchev–Trinajstić information content (AvgIpc) is 3.04. The number of aromatic nitrogens is 2. The van der Waals surface area contributed by atoms with Gasteiger partial charge in [-0.15, -0.1) is 0 Å². The SMILES string of the molecule is O=C(O)c1ccc2c(c1)sc1nc(-c3ccc(Br)cc3)cn12. The number of fused-ring (bicyclic) bond motifs is 3. The Hall–Kier alpha value is -2.18. The second-order valence-corrected chi connectivity index (χ2v) is 6.80. The fourth-order valence-electron chi connectivity index (χ4n) is 2.39. The van der Waals surface area contributed by atoms with Crippen LogP contribution in [-0.4, -0.2) is 20.5 Å². The number of aromatic carboxylic acids is 1. The molecule has 0 aliphatic rings. The third-order valence-corrected chi connectivity index (χ3v) is 5.03. The number of thiazole rings is 1. The smallest absolute Gasteiger partial charge is 0.335 e. The van der Waals surface area contributed by atoms with Crippen LogP contribution < -0.4 is 0 Å². The molecule has 0 aliphatic carbocycles. The molecule has 0 unspecified atom stereocenters. The highest BCUT2D eigenvalue weighted by Crippen LogP contribution is 2.30. The minimum atomic E-state index is -0.913. The van der Waals surface area contributed by atoms with Gasteiger partial charge in [0.05, 0.1) is 21.5 Å². The number of imidazole rings is 1. The summed E-state index contributed by atoms with van der Waals surface area (Å²) in [6.07, 6.45) is 1.98. The molecule has 0 amide bonds. The van der Waals surface area contributed by atoms with Crippen molar-refractivity contribution in [2.75, 3.05) is 0 Å². The molecule has 1 N–H and O–H groups in total. The number of halogens is 1. The number of rotatable bonds is 2. The molecule has 0 spiro atoms. The largest absolute Gasteiger partial charge is 0.478 e. The molecule has 4 nitrogen and oxygen atoms in total. The summed E-state index contributed by atoms with van der Waals surface area (Å²) in [5, 5.41) is 9.06. The van der Waals surface area contributed by atoms with Crippen LogP contribution in [0.2, 0.25) is 0 Å². The van der Waals surface area contributed by atoms with Crippen molar-refractivity contribution < 1.29 is 9.90 Å². The first-order chi connectivity index (χ1) is 10.6. The van der Waals surface area contributed by atoms with E-state index in [2.05, 4.69) is 20.9 Å². The van der Waals surface area contributed by atoms with Crippen molar-refractivity contribution in [3.63, 3.8) is 0 Å². The van der Waals surface area contributed by atoms with Crippen molar-refractivity contribution in [1.29, 1.82) is 0 Å². The Morgan fingerprint density at radius 2 is 1.95 bits per heavy atom. The number of carbonyl (C=O) groups is 1. The standard InChI is InChI=1S/C16H9BrN2O2S/c17-11-4-1-9(2-5-11)12-8-19-13-6-3-10(15(20)21)7-14(13)22-16(19)18-12/h1-8H,(H,20,21). The second-order valence-electron chi connectivity index (χ2n) is 4.88. The lowest BCUT2D eigenvalue weighted by Crippen LogP contribution is -1.94. The highest BCUT2D eigenvalue weighted by atomic mass is 79.9. The first kappa shape index (κ1) is 13.5. The predicted molar refractivity (Wildman–Crippen MR) is 90.7 cm³/mol. The Morgan fingerprint density at radius 1 is 1.18 bits per heavy atom. The van der Waals surface area contributed by atoms with E-state index in [1.807, 2.05) is 40.9 Å². The number of benzene rings is 2. The number of hydrogen-bond acceptors (Lipinski definition) is 3. The lowest BCUT2D eigenvalue weighted by Gasteiger charge is -1.97. The zero-order valence-electron chi connectivity index (χ0n) is 11.2. The molecular weight excluding hydrogens is 364 g/mol. The summed E-state index contributed by atoms with van der Waals surface area (Å²) >= 11 is 4.92. The topological polar surface area (TPSA) is 54.6 Å². The van der Waals surface area contributed by atoms with E-state index >= 15 is 0 Å². The normalized spacial score (nSPS) is 11.3. The van der Waals surface area contributed by atoms with Crippen LogP contribution in [0.4, 0.5) is 0 Å². The van der Waals surface area contributed by atoms with E-state index < -0.39 is 5.97 Å². The van der Waals surface area contributed by atoms with Crippen LogP contribution >= 0.6 is 27.3 Å². The molecule has 0 radical (unpaired) electrons. The molecule has 4 rings (SSSR count). The van der Waals surface area contributed by atoms with Crippen molar-refractivity contribution in [3.05, 3.63) is 58.7 Å². The van der Waals surface area contributed by atoms with Gasteiger partial charge in [-0.05, 0) is 30.3 Å². The van der Waals surface area contributed by atoms with Crippen molar-refractivity contribution in [3.8, 4) is 11.3 Å². The molecule has 0 saturated carbocycles. The molecule has 4 aromatic rings. The maximum atomic E-state index is 11.0. The Morgan fingerprint density at radius 3 is 2.68 bits per heavy atom. The van der Waals surface area contributed by atoms with E-state index in [0.29, 0.717) is 5.56 Å². The van der Waals surface area contributed by atoms with Gasteiger partial charge in [0.1, 0.15) is 0 Å². The monoisotopic (exact) mass is 372 g/mol. The van der Waals surface area contributed by atoms with Crippen LogP contribution in [0.25, 0.3) is 26.4 Å². The Kier molecular flexibility index (Phi) is 3.02. The van der Waals surface area contributed by atoms with Gasteiger partial charge in [0, 0.05) is 16.2 Å². The minimum Gasteiger partial charge on any atom is -0.478 e. The van der Waals surface area contributed by atoms with E-state index in [-0.39, 0.29) is 0 Å². The summed E-state index contributed by atoms with van der Waals surface area (Å²) in [5.41, 5.74) is 3.23. The minimum absolute atomic E-state index is 0.296. The van der Waals surface area contributed by atoms with Gasteiger partial charge in [-0.25, -0.2) is 9.78 Å². The summed E-state index contributed by atoms with van der Waals surface area (Å²) in [5.74, 6) is -0.913. The Labute approximate surface area is 137 Å². The molecule has 0 bridgehead atoms. The quantitative estimate of drug-likeness (QED) is 0.555. The van der Waals surface area contributed by atoms with Crippen LogP contribution in [0.1, 0.15) is 10.4 Å². The lowest BCUT2D eigenvalue weighted by atomic mass is 10.2. The van der Waals surface area contributed by atoms with Crippen molar-refractivity contribution in [2.45, 2.75) is 0 Å². The summed E-state index contributed by atoms with van der Waals surface area (Å²) in [4.78, 5) is 16.5. The molecule has 22 heavy (non-hydrogen) atoms. The van der Waals surface area contributed by atoms with Crippen molar-refractivity contribution in [2.24, 2.45) is 0 Å².